The van der Waals surface area contributed by atoms with Crippen molar-refractivity contribution in [3.05, 3.63) is 28.7 Å². The van der Waals surface area contributed by atoms with Crippen LogP contribution in [0.15, 0.2) is 23.1 Å². The summed E-state index contributed by atoms with van der Waals surface area (Å²) in [5, 5.41) is 0. The quantitative estimate of drug-likeness (QED) is 0.728. The Balaban J connectivity index is 3.16. The lowest BCUT2D eigenvalue weighted by Crippen LogP contribution is -2.30. The zero-order valence-electron chi connectivity index (χ0n) is 10.3. The molecule has 0 saturated carbocycles. The number of methoxy groups -OCH3 is 1. The largest absolute Gasteiger partial charge is 0.488 e. The first-order valence-corrected chi connectivity index (χ1v) is 5.57. The van der Waals surface area contributed by atoms with Gasteiger partial charge in [-0.2, -0.15) is 0 Å². The number of aromatic nitrogens is 1. The number of carbonyl (C=O) groups excluding carboxylic acids is 1. The zero-order chi connectivity index (χ0) is 12.8. The Morgan fingerprint density at radius 3 is 2.71 bits per heavy atom. The molecule has 0 aliphatic carbocycles. The Morgan fingerprint density at radius 1 is 1.47 bits per heavy atom. The lowest BCUT2D eigenvalue weighted by atomic mass is 10.2. The fourth-order valence-electron chi connectivity index (χ4n) is 1.61. The van der Waals surface area contributed by atoms with Gasteiger partial charge in [0.05, 0.1) is 13.7 Å². The first kappa shape index (κ1) is 13.3. The summed E-state index contributed by atoms with van der Waals surface area (Å²) in [7, 11) is 1.31. The van der Waals surface area contributed by atoms with Gasteiger partial charge in [0, 0.05) is 6.20 Å². The van der Waals surface area contributed by atoms with E-state index in [4.69, 9.17) is 4.74 Å². The average Bonchev–Trinajstić information content (AvgIpc) is 2.34. The lowest BCUT2D eigenvalue weighted by Gasteiger charge is -2.16. The van der Waals surface area contributed by atoms with Crippen LogP contribution in [0.2, 0.25) is 0 Å². The number of hydrogen-bond donors (Lipinski definition) is 0. The predicted octanol–water partition coefficient (Wildman–Crippen LogP) is 1.37. The van der Waals surface area contributed by atoms with Crippen molar-refractivity contribution in [2.75, 3.05) is 13.7 Å². The molecular weight excluding hydrogens is 222 g/mol. The van der Waals surface area contributed by atoms with E-state index in [1.165, 1.54) is 11.7 Å². The van der Waals surface area contributed by atoms with E-state index >= 15 is 0 Å². The van der Waals surface area contributed by atoms with Crippen molar-refractivity contribution in [1.82, 2.24) is 4.57 Å². The molecule has 0 aliphatic rings. The molecule has 1 atom stereocenters. The van der Waals surface area contributed by atoms with Crippen LogP contribution in [0.3, 0.4) is 0 Å². The van der Waals surface area contributed by atoms with E-state index in [0.717, 1.165) is 0 Å². The summed E-state index contributed by atoms with van der Waals surface area (Å²) >= 11 is 0. The van der Waals surface area contributed by atoms with Crippen molar-refractivity contribution < 1.29 is 14.3 Å². The van der Waals surface area contributed by atoms with Crippen molar-refractivity contribution in [3.63, 3.8) is 0 Å². The fourth-order valence-corrected chi connectivity index (χ4v) is 1.61. The summed E-state index contributed by atoms with van der Waals surface area (Å²) in [4.78, 5) is 23.6. The third-order valence-corrected chi connectivity index (χ3v) is 2.44. The molecule has 1 rings (SSSR count). The summed E-state index contributed by atoms with van der Waals surface area (Å²) < 4.78 is 11.2. The highest BCUT2D eigenvalue weighted by molar-refractivity contribution is 5.74. The van der Waals surface area contributed by atoms with E-state index in [0.29, 0.717) is 13.0 Å². The van der Waals surface area contributed by atoms with Crippen LogP contribution in [0, 0.1) is 0 Å². The second kappa shape index (κ2) is 6.08. The Kier molecular flexibility index (Phi) is 4.75. The summed E-state index contributed by atoms with van der Waals surface area (Å²) in [5.41, 5.74) is -0.313. The maximum atomic E-state index is 12.0. The number of nitrogens with zero attached hydrogens (tertiary/aromatic N) is 1. The topological polar surface area (TPSA) is 57.5 Å². The van der Waals surface area contributed by atoms with Crippen LogP contribution in [0.25, 0.3) is 0 Å². The number of pyridine rings is 1. The molecule has 0 amide bonds. The van der Waals surface area contributed by atoms with Crippen molar-refractivity contribution in [3.8, 4) is 5.75 Å². The summed E-state index contributed by atoms with van der Waals surface area (Å²) in [6.45, 7) is 4.03. The van der Waals surface area contributed by atoms with E-state index in [9.17, 15) is 9.59 Å². The maximum Gasteiger partial charge on any atom is 0.328 e. The highest BCUT2D eigenvalue weighted by Crippen LogP contribution is 2.12. The van der Waals surface area contributed by atoms with Crippen LogP contribution in [-0.2, 0) is 9.53 Å². The van der Waals surface area contributed by atoms with Gasteiger partial charge in [0.2, 0.25) is 0 Å². The highest BCUT2D eigenvalue weighted by Gasteiger charge is 2.21. The third-order valence-electron chi connectivity index (χ3n) is 2.44. The summed E-state index contributed by atoms with van der Waals surface area (Å²) in [6, 6.07) is 2.66. The minimum Gasteiger partial charge on any atom is -0.488 e. The minimum absolute atomic E-state index is 0.248. The molecule has 1 aromatic rings. The summed E-state index contributed by atoms with van der Waals surface area (Å²) in [5.74, 6) is -0.180. The first-order chi connectivity index (χ1) is 8.15. The molecule has 0 spiro atoms. The maximum absolute atomic E-state index is 12.0. The van der Waals surface area contributed by atoms with E-state index < -0.39 is 12.0 Å². The first-order valence-electron chi connectivity index (χ1n) is 5.57. The number of hydrogen-bond acceptors (Lipinski definition) is 4. The van der Waals surface area contributed by atoms with Crippen LogP contribution in [0.1, 0.15) is 26.3 Å². The van der Waals surface area contributed by atoms with Gasteiger partial charge in [0.1, 0.15) is 6.04 Å². The second-order valence-electron chi connectivity index (χ2n) is 3.47. The highest BCUT2D eigenvalue weighted by atomic mass is 16.5. The van der Waals surface area contributed by atoms with Gasteiger partial charge in [0.15, 0.2) is 5.75 Å². The van der Waals surface area contributed by atoms with Gasteiger partial charge in [-0.05, 0) is 25.5 Å². The Morgan fingerprint density at radius 2 is 2.18 bits per heavy atom. The number of esters is 1. The molecular formula is C12H17NO4. The van der Waals surface area contributed by atoms with Crippen LogP contribution in [0.4, 0.5) is 0 Å². The van der Waals surface area contributed by atoms with Gasteiger partial charge < -0.3 is 9.47 Å². The van der Waals surface area contributed by atoms with E-state index in [1.807, 2.05) is 6.92 Å². The molecule has 5 heteroatoms. The molecule has 0 aromatic carbocycles. The molecule has 0 N–H and O–H groups in total. The number of carbonyl (C=O) groups is 1. The number of rotatable bonds is 5. The monoisotopic (exact) mass is 239 g/mol. The molecule has 1 aromatic heterocycles. The lowest BCUT2D eigenvalue weighted by molar-refractivity contribution is -0.144. The second-order valence-corrected chi connectivity index (χ2v) is 3.47. The molecule has 0 fully saturated rings. The number of ether oxygens (including phenoxy) is 2. The Hall–Kier alpha value is -1.78. The molecule has 0 saturated heterocycles. The van der Waals surface area contributed by atoms with Crippen LogP contribution < -0.4 is 10.3 Å². The average molecular weight is 239 g/mol. The smallest absolute Gasteiger partial charge is 0.328 e. The van der Waals surface area contributed by atoms with Crippen molar-refractivity contribution in [1.29, 1.82) is 0 Å². The van der Waals surface area contributed by atoms with Gasteiger partial charge in [0.25, 0.3) is 5.56 Å². The molecule has 5 nitrogen and oxygen atoms in total. The summed E-state index contributed by atoms with van der Waals surface area (Å²) in [6.07, 6.45) is 2.05. The molecule has 0 aliphatic heterocycles. The van der Waals surface area contributed by atoms with Gasteiger partial charge in [-0.1, -0.05) is 6.92 Å². The van der Waals surface area contributed by atoms with Crippen molar-refractivity contribution >= 4 is 5.97 Å². The Labute approximate surface area is 100.0 Å². The van der Waals surface area contributed by atoms with Crippen LogP contribution in [0.5, 0.6) is 5.75 Å². The third kappa shape index (κ3) is 2.87. The molecule has 94 valence electrons. The Bertz CT molecular complexity index is 438. The zero-order valence-corrected chi connectivity index (χ0v) is 10.3. The SMILES string of the molecule is CCOc1cccn(C(CC)C(=O)OC)c1=O. The van der Waals surface area contributed by atoms with E-state index in [1.54, 1.807) is 25.3 Å². The van der Waals surface area contributed by atoms with Gasteiger partial charge in [-0.15, -0.1) is 0 Å². The van der Waals surface area contributed by atoms with Gasteiger partial charge >= 0.3 is 5.97 Å². The predicted molar refractivity (Wildman–Crippen MR) is 63.2 cm³/mol. The molecule has 0 bridgehead atoms. The van der Waals surface area contributed by atoms with Gasteiger partial charge in [-0.25, -0.2) is 4.79 Å². The molecule has 1 heterocycles. The van der Waals surface area contributed by atoms with E-state index in [2.05, 4.69) is 4.74 Å². The standard InChI is InChI=1S/C12H17NO4/c1-4-9(12(15)16-3)13-8-6-7-10(11(13)14)17-5-2/h6-9H,4-5H2,1-3H3. The molecule has 0 radical (unpaired) electrons. The minimum atomic E-state index is -0.604. The van der Waals surface area contributed by atoms with Crippen molar-refractivity contribution in [2.45, 2.75) is 26.3 Å². The fraction of sp³-hybridized carbons (Fsp3) is 0.500. The normalized spacial score (nSPS) is 11.9. The van der Waals surface area contributed by atoms with Crippen molar-refractivity contribution in [2.24, 2.45) is 0 Å². The van der Waals surface area contributed by atoms with Crippen LogP contribution >= 0.6 is 0 Å². The van der Waals surface area contributed by atoms with Crippen LogP contribution in [-0.4, -0.2) is 24.3 Å². The molecule has 17 heavy (non-hydrogen) atoms. The van der Waals surface area contributed by atoms with Gasteiger partial charge in [-0.3, -0.25) is 9.36 Å². The molecule has 1 unspecified atom stereocenters. The van der Waals surface area contributed by atoms with E-state index in [-0.39, 0.29) is 11.3 Å².